The molecule has 0 aromatic heterocycles. The van der Waals surface area contributed by atoms with E-state index in [1.165, 1.54) is 6.92 Å². The summed E-state index contributed by atoms with van der Waals surface area (Å²) in [5, 5.41) is 25.1. The number of para-hydroxylation sites is 1. The number of carbonyl (C=O) groups excluding carboxylic acids is 1. The zero-order valence-electron chi connectivity index (χ0n) is 8.58. The third-order valence-electron chi connectivity index (χ3n) is 1.84. The van der Waals surface area contributed by atoms with E-state index < -0.39 is 5.91 Å². The number of hydrogen-bond acceptors (Lipinski definition) is 5. The quantitative estimate of drug-likeness (QED) is 0.408. The van der Waals surface area contributed by atoms with Gasteiger partial charge in [-0.15, -0.1) is 0 Å². The Kier molecular flexibility index (Phi) is 4.02. The number of carbonyl (C=O) groups is 1. The molecule has 1 aromatic carbocycles. The molecule has 1 rings (SSSR count). The first-order valence-electron chi connectivity index (χ1n) is 4.46. The molecule has 0 atom stereocenters. The molecule has 0 unspecified atom stereocenters. The highest BCUT2D eigenvalue weighted by atomic mass is 16.4. The number of hydrogen-bond donors (Lipinski definition) is 3. The first-order chi connectivity index (χ1) is 7.69. The van der Waals surface area contributed by atoms with E-state index in [9.17, 15) is 4.79 Å². The van der Waals surface area contributed by atoms with Crippen molar-refractivity contribution >= 4 is 23.0 Å². The van der Waals surface area contributed by atoms with Crippen LogP contribution in [-0.2, 0) is 4.79 Å². The average Bonchev–Trinajstić information content (AvgIpc) is 2.31. The minimum absolute atomic E-state index is 0.0732. The third-order valence-corrected chi connectivity index (χ3v) is 1.84. The van der Waals surface area contributed by atoms with E-state index in [1.54, 1.807) is 30.3 Å². The van der Waals surface area contributed by atoms with E-state index >= 15 is 0 Å². The Morgan fingerprint density at radius 2 is 1.81 bits per heavy atom. The molecule has 0 fully saturated rings. The molecular weight excluding hydrogens is 210 g/mol. The second-order valence-electron chi connectivity index (χ2n) is 2.95. The minimum Gasteiger partial charge on any atom is -0.411 e. The van der Waals surface area contributed by atoms with Crippen molar-refractivity contribution in [3.05, 3.63) is 30.3 Å². The third kappa shape index (κ3) is 2.81. The van der Waals surface area contributed by atoms with Crippen LogP contribution < -0.4 is 5.32 Å². The van der Waals surface area contributed by atoms with Gasteiger partial charge < -0.3 is 15.7 Å². The highest BCUT2D eigenvalue weighted by molar-refractivity contribution is 6.68. The highest BCUT2D eigenvalue weighted by Gasteiger charge is 2.16. The molecule has 0 radical (unpaired) electrons. The highest BCUT2D eigenvalue weighted by Crippen LogP contribution is 2.05. The van der Waals surface area contributed by atoms with Gasteiger partial charge in [-0.2, -0.15) is 0 Å². The maximum absolute atomic E-state index is 11.6. The van der Waals surface area contributed by atoms with Crippen LogP contribution in [0.15, 0.2) is 40.6 Å². The summed E-state index contributed by atoms with van der Waals surface area (Å²) in [6.07, 6.45) is 0. The fraction of sp³-hybridized carbons (Fsp3) is 0.100. The number of rotatable bonds is 3. The van der Waals surface area contributed by atoms with Crippen molar-refractivity contribution in [3.63, 3.8) is 0 Å². The normalized spacial score (nSPS) is 12.3. The van der Waals surface area contributed by atoms with Gasteiger partial charge >= 0.3 is 0 Å². The van der Waals surface area contributed by atoms with Gasteiger partial charge in [0.05, 0.1) is 0 Å². The molecule has 6 heteroatoms. The van der Waals surface area contributed by atoms with Crippen molar-refractivity contribution in [2.45, 2.75) is 6.92 Å². The Morgan fingerprint density at radius 1 is 1.19 bits per heavy atom. The zero-order chi connectivity index (χ0) is 12.0. The maximum Gasteiger partial charge on any atom is 0.279 e. The molecule has 0 spiro atoms. The summed E-state index contributed by atoms with van der Waals surface area (Å²) in [4.78, 5) is 11.6. The molecular formula is C10H11N3O3. The van der Waals surface area contributed by atoms with Gasteiger partial charge in [0.1, 0.15) is 5.71 Å². The average molecular weight is 221 g/mol. The van der Waals surface area contributed by atoms with E-state index in [1.807, 2.05) is 0 Å². The van der Waals surface area contributed by atoms with Gasteiger partial charge in [-0.3, -0.25) is 4.79 Å². The van der Waals surface area contributed by atoms with Crippen molar-refractivity contribution in [2.24, 2.45) is 10.3 Å². The van der Waals surface area contributed by atoms with Gasteiger partial charge in [0, 0.05) is 5.69 Å². The molecule has 0 heterocycles. The molecule has 3 N–H and O–H groups in total. The molecule has 0 aliphatic rings. The van der Waals surface area contributed by atoms with E-state index in [0.29, 0.717) is 5.69 Å². The van der Waals surface area contributed by atoms with Crippen LogP contribution in [0.5, 0.6) is 0 Å². The predicted molar refractivity (Wildman–Crippen MR) is 59.2 cm³/mol. The van der Waals surface area contributed by atoms with Gasteiger partial charge in [0.2, 0.25) is 0 Å². The summed E-state index contributed by atoms with van der Waals surface area (Å²) in [5.41, 5.74) is 0.140. The SMILES string of the molecule is CC(=N/O)/C(=N\O)C(=O)Nc1ccccc1. The smallest absolute Gasteiger partial charge is 0.279 e. The van der Waals surface area contributed by atoms with Crippen LogP contribution in [0, 0.1) is 0 Å². The largest absolute Gasteiger partial charge is 0.411 e. The van der Waals surface area contributed by atoms with Gasteiger partial charge in [0.25, 0.3) is 5.91 Å². The summed E-state index contributed by atoms with van der Waals surface area (Å²) >= 11 is 0. The number of nitrogens with zero attached hydrogens (tertiary/aromatic N) is 2. The molecule has 0 aliphatic heterocycles. The summed E-state index contributed by atoms with van der Waals surface area (Å²) < 4.78 is 0. The van der Waals surface area contributed by atoms with Gasteiger partial charge in [-0.05, 0) is 19.1 Å². The Morgan fingerprint density at radius 3 is 2.31 bits per heavy atom. The number of amides is 1. The predicted octanol–water partition coefficient (Wildman–Crippen LogP) is 1.31. The number of benzene rings is 1. The lowest BCUT2D eigenvalue weighted by molar-refractivity contribution is -0.110. The summed E-state index contributed by atoms with van der Waals surface area (Å²) in [6.45, 7) is 1.35. The van der Waals surface area contributed by atoms with Crippen molar-refractivity contribution in [3.8, 4) is 0 Å². The second-order valence-corrected chi connectivity index (χ2v) is 2.95. The van der Waals surface area contributed by atoms with Crippen LogP contribution in [-0.4, -0.2) is 27.7 Å². The lowest BCUT2D eigenvalue weighted by Crippen LogP contribution is -2.28. The molecule has 6 nitrogen and oxygen atoms in total. The fourth-order valence-corrected chi connectivity index (χ4v) is 1.04. The molecule has 0 bridgehead atoms. The Labute approximate surface area is 91.9 Å². The van der Waals surface area contributed by atoms with Crippen molar-refractivity contribution in [1.82, 2.24) is 0 Å². The number of nitrogens with one attached hydrogen (secondary N) is 1. The Balaban J connectivity index is 2.80. The Bertz CT molecular complexity index is 426. The fourth-order valence-electron chi connectivity index (χ4n) is 1.04. The van der Waals surface area contributed by atoms with E-state index in [0.717, 1.165) is 0 Å². The first kappa shape index (κ1) is 11.7. The van der Waals surface area contributed by atoms with Crippen molar-refractivity contribution < 1.29 is 15.2 Å². The molecule has 0 aliphatic carbocycles. The van der Waals surface area contributed by atoms with Gasteiger partial charge in [-0.1, -0.05) is 28.5 Å². The van der Waals surface area contributed by atoms with Crippen LogP contribution in [0.2, 0.25) is 0 Å². The van der Waals surface area contributed by atoms with E-state index in [-0.39, 0.29) is 11.4 Å². The van der Waals surface area contributed by atoms with E-state index in [4.69, 9.17) is 10.4 Å². The Hall–Kier alpha value is -2.37. The van der Waals surface area contributed by atoms with Gasteiger partial charge in [-0.25, -0.2) is 0 Å². The summed E-state index contributed by atoms with van der Waals surface area (Å²) in [5.74, 6) is -0.649. The lowest BCUT2D eigenvalue weighted by Gasteiger charge is -2.04. The topological polar surface area (TPSA) is 94.3 Å². The van der Waals surface area contributed by atoms with Crippen LogP contribution in [0.1, 0.15) is 6.92 Å². The van der Waals surface area contributed by atoms with Crippen LogP contribution in [0.4, 0.5) is 5.69 Å². The molecule has 16 heavy (non-hydrogen) atoms. The minimum atomic E-state index is -0.649. The molecule has 1 aromatic rings. The van der Waals surface area contributed by atoms with Gasteiger partial charge in [0.15, 0.2) is 5.71 Å². The molecule has 0 saturated heterocycles. The standard InChI is InChI=1S/C10H11N3O3/c1-7(12-15)9(13-16)10(14)11-8-5-3-2-4-6-8/h2-6,15-16H,1H3,(H,11,14)/b12-7-,13-9+. The second kappa shape index (κ2) is 5.50. The summed E-state index contributed by atoms with van der Waals surface area (Å²) in [7, 11) is 0. The van der Waals surface area contributed by atoms with Crippen molar-refractivity contribution in [1.29, 1.82) is 0 Å². The number of anilines is 1. The van der Waals surface area contributed by atoms with E-state index in [2.05, 4.69) is 15.6 Å². The monoisotopic (exact) mass is 221 g/mol. The van der Waals surface area contributed by atoms with Crippen LogP contribution >= 0.6 is 0 Å². The molecule has 1 amide bonds. The van der Waals surface area contributed by atoms with Crippen LogP contribution in [0.25, 0.3) is 0 Å². The lowest BCUT2D eigenvalue weighted by atomic mass is 10.2. The summed E-state index contributed by atoms with van der Waals surface area (Å²) in [6, 6.07) is 8.66. The molecule has 84 valence electrons. The first-order valence-corrected chi connectivity index (χ1v) is 4.46. The maximum atomic E-state index is 11.6. The molecule has 0 saturated carbocycles. The van der Waals surface area contributed by atoms with Crippen LogP contribution in [0.3, 0.4) is 0 Å². The van der Waals surface area contributed by atoms with Crippen molar-refractivity contribution in [2.75, 3.05) is 5.32 Å². The number of oxime groups is 2. The zero-order valence-corrected chi connectivity index (χ0v) is 8.58.